The van der Waals surface area contributed by atoms with Crippen LogP contribution in [0.25, 0.3) is 22.6 Å². The van der Waals surface area contributed by atoms with Gasteiger partial charge >= 0.3 is 0 Å². The van der Waals surface area contributed by atoms with Crippen LogP contribution in [0.2, 0.25) is 5.02 Å². The third-order valence-electron chi connectivity index (χ3n) is 3.12. The van der Waals surface area contributed by atoms with Crippen LogP contribution in [0.15, 0.2) is 53.1 Å². The molecule has 2 aromatic carbocycles. The molecule has 0 amide bonds. The summed E-state index contributed by atoms with van der Waals surface area (Å²) in [5, 5.41) is 3.12. The van der Waals surface area contributed by atoms with Crippen LogP contribution in [0.1, 0.15) is 10.4 Å². The van der Waals surface area contributed by atoms with Crippen LogP contribution in [-0.4, -0.2) is 10.4 Å². The molecule has 0 spiro atoms. The number of nitrogens with zero attached hydrogens (tertiary/aromatic N) is 1. The van der Waals surface area contributed by atoms with Gasteiger partial charge < -0.3 is 4.52 Å². The smallest absolute Gasteiger partial charge is 0.258 e. The van der Waals surface area contributed by atoms with E-state index in [0.29, 0.717) is 5.56 Å². The molecule has 6 heteroatoms. The third kappa shape index (κ3) is 2.51. The summed E-state index contributed by atoms with van der Waals surface area (Å²) >= 11 is 11.7. The molecule has 0 saturated carbocycles. The molecule has 0 aliphatic carbocycles. The summed E-state index contributed by atoms with van der Waals surface area (Å²) in [6.45, 7) is 0. The predicted molar refractivity (Wildman–Crippen MR) is 82.5 cm³/mol. The Morgan fingerprint density at radius 2 is 1.82 bits per heavy atom. The molecule has 0 aliphatic rings. The summed E-state index contributed by atoms with van der Waals surface area (Å²) in [5.41, 5.74) is 0.568. The first kappa shape index (κ1) is 14.8. The highest BCUT2D eigenvalue weighted by atomic mass is 35.5. The molecular weight excluding hydrogens is 328 g/mol. The van der Waals surface area contributed by atoms with E-state index in [1.54, 1.807) is 24.3 Å². The number of halogens is 3. The van der Waals surface area contributed by atoms with Crippen molar-refractivity contribution in [1.82, 2.24) is 5.16 Å². The van der Waals surface area contributed by atoms with Crippen molar-refractivity contribution in [3.05, 3.63) is 64.9 Å². The monoisotopic (exact) mass is 335 g/mol. The van der Waals surface area contributed by atoms with Crippen LogP contribution < -0.4 is 0 Å². The first-order chi connectivity index (χ1) is 10.6. The van der Waals surface area contributed by atoms with Crippen molar-refractivity contribution in [2.45, 2.75) is 0 Å². The van der Waals surface area contributed by atoms with Crippen LogP contribution >= 0.6 is 23.2 Å². The summed E-state index contributed by atoms with van der Waals surface area (Å²) in [5.74, 6) is -0.436. The van der Waals surface area contributed by atoms with Crippen LogP contribution in [0.5, 0.6) is 0 Å². The van der Waals surface area contributed by atoms with Gasteiger partial charge in [-0.05, 0) is 23.7 Å². The summed E-state index contributed by atoms with van der Waals surface area (Å²) < 4.78 is 19.3. The van der Waals surface area contributed by atoms with E-state index in [-0.39, 0.29) is 27.6 Å². The fraction of sp³-hybridized carbons (Fsp3) is 0. The molecule has 3 aromatic rings. The Kier molecular flexibility index (Phi) is 3.96. The van der Waals surface area contributed by atoms with E-state index in [9.17, 15) is 9.18 Å². The molecule has 0 unspecified atom stereocenters. The zero-order valence-corrected chi connectivity index (χ0v) is 12.5. The van der Waals surface area contributed by atoms with Crippen molar-refractivity contribution in [2.24, 2.45) is 0 Å². The van der Waals surface area contributed by atoms with E-state index in [1.807, 2.05) is 6.07 Å². The van der Waals surface area contributed by atoms with Gasteiger partial charge in [0.05, 0.1) is 10.6 Å². The van der Waals surface area contributed by atoms with Gasteiger partial charge in [-0.1, -0.05) is 53.2 Å². The Labute approximate surface area is 135 Å². The maximum Gasteiger partial charge on any atom is 0.258 e. The van der Waals surface area contributed by atoms with Crippen molar-refractivity contribution in [1.29, 1.82) is 0 Å². The van der Waals surface area contributed by atoms with Gasteiger partial charge in [-0.15, -0.1) is 0 Å². The lowest BCUT2D eigenvalue weighted by Gasteiger charge is -2.03. The number of benzene rings is 2. The lowest BCUT2D eigenvalue weighted by atomic mass is 10.0. The minimum atomic E-state index is -0.797. The number of carbonyl (C=O) groups excluding carboxylic acids is 1. The van der Waals surface area contributed by atoms with E-state index in [1.165, 1.54) is 18.2 Å². The van der Waals surface area contributed by atoms with Crippen molar-refractivity contribution >= 4 is 28.4 Å². The molecule has 110 valence electrons. The Bertz CT molecular complexity index is 826. The first-order valence-electron chi connectivity index (χ1n) is 6.29. The maximum absolute atomic E-state index is 14.1. The Balaban J connectivity index is 2.27. The standard InChI is InChI=1S/C16H8Cl2FNO2/c17-10-7-4-8-11(19)12(10)14-13(16(18)21)15(22-20-14)9-5-2-1-3-6-9/h1-8H. The molecule has 22 heavy (non-hydrogen) atoms. The second-order valence-electron chi connectivity index (χ2n) is 4.47. The summed E-state index contributed by atoms with van der Waals surface area (Å²) in [6.07, 6.45) is 0. The van der Waals surface area contributed by atoms with Gasteiger partial charge in [-0.3, -0.25) is 4.79 Å². The van der Waals surface area contributed by atoms with Crippen LogP contribution in [0, 0.1) is 5.82 Å². The second kappa shape index (κ2) is 5.91. The molecule has 0 bridgehead atoms. The Morgan fingerprint density at radius 3 is 2.45 bits per heavy atom. The molecule has 1 heterocycles. The maximum atomic E-state index is 14.1. The molecule has 0 radical (unpaired) electrons. The number of hydrogen-bond acceptors (Lipinski definition) is 3. The first-order valence-corrected chi connectivity index (χ1v) is 7.04. The summed E-state index contributed by atoms with van der Waals surface area (Å²) in [4.78, 5) is 11.8. The zero-order chi connectivity index (χ0) is 15.7. The van der Waals surface area contributed by atoms with Crippen molar-refractivity contribution in [3.63, 3.8) is 0 Å². The predicted octanol–water partition coefficient (Wildman–Crippen LogP) is 5.18. The average molecular weight is 336 g/mol. The third-order valence-corrected chi connectivity index (χ3v) is 3.63. The van der Waals surface area contributed by atoms with E-state index >= 15 is 0 Å². The highest BCUT2D eigenvalue weighted by Gasteiger charge is 2.26. The van der Waals surface area contributed by atoms with Crippen molar-refractivity contribution in [3.8, 4) is 22.6 Å². The molecule has 0 aliphatic heterocycles. The molecule has 0 N–H and O–H groups in total. The van der Waals surface area contributed by atoms with Crippen LogP contribution in [-0.2, 0) is 0 Å². The zero-order valence-electron chi connectivity index (χ0n) is 11.0. The Hall–Kier alpha value is -2.17. The fourth-order valence-electron chi connectivity index (χ4n) is 2.15. The van der Waals surface area contributed by atoms with Crippen LogP contribution in [0.4, 0.5) is 4.39 Å². The van der Waals surface area contributed by atoms with Gasteiger partial charge in [0, 0.05) is 5.56 Å². The molecule has 1 aromatic heterocycles. The van der Waals surface area contributed by atoms with Gasteiger partial charge in [-0.2, -0.15) is 0 Å². The SMILES string of the molecule is O=C(Cl)c1c(-c2c(F)cccc2Cl)noc1-c1ccccc1. The number of hydrogen-bond donors (Lipinski definition) is 0. The fourth-order valence-corrected chi connectivity index (χ4v) is 2.58. The minimum absolute atomic E-state index is 0.0121. The molecule has 0 fully saturated rings. The highest BCUT2D eigenvalue weighted by molar-refractivity contribution is 6.68. The van der Waals surface area contributed by atoms with E-state index in [4.69, 9.17) is 27.7 Å². The van der Waals surface area contributed by atoms with Gasteiger partial charge in [0.15, 0.2) is 5.76 Å². The van der Waals surface area contributed by atoms with Gasteiger partial charge in [-0.25, -0.2) is 4.39 Å². The Morgan fingerprint density at radius 1 is 1.09 bits per heavy atom. The molecule has 0 saturated heterocycles. The topological polar surface area (TPSA) is 43.1 Å². The van der Waals surface area contributed by atoms with E-state index < -0.39 is 11.1 Å². The highest BCUT2D eigenvalue weighted by Crippen LogP contribution is 2.37. The molecule has 3 rings (SSSR count). The quantitative estimate of drug-likeness (QED) is 0.619. The normalized spacial score (nSPS) is 10.7. The van der Waals surface area contributed by atoms with Crippen molar-refractivity contribution in [2.75, 3.05) is 0 Å². The minimum Gasteiger partial charge on any atom is -0.355 e. The van der Waals surface area contributed by atoms with E-state index in [2.05, 4.69) is 5.16 Å². The number of aromatic nitrogens is 1. The van der Waals surface area contributed by atoms with Gasteiger partial charge in [0.2, 0.25) is 0 Å². The second-order valence-corrected chi connectivity index (χ2v) is 5.22. The summed E-state index contributed by atoms with van der Waals surface area (Å²) in [6, 6.07) is 13.0. The lowest BCUT2D eigenvalue weighted by Crippen LogP contribution is -1.96. The molecular formula is C16H8Cl2FNO2. The van der Waals surface area contributed by atoms with Gasteiger partial charge in [0.1, 0.15) is 17.1 Å². The number of rotatable bonds is 3. The van der Waals surface area contributed by atoms with Gasteiger partial charge in [0.25, 0.3) is 5.24 Å². The number of carbonyl (C=O) groups is 1. The average Bonchev–Trinajstić information content (AvgIpc) is 2.93. The lowest BCUT2D eigenvalue weighted by molar-refractivity contribution is 0.108. The molecule has 0 atom stereocenters. The van der Waals surface area contributed by atoms with E-state index in [0.717, 1.165) is 0 Å². The summed E-state index contributed by atoms with van der Waals surface area (Å²) in [7, 11) is 0. The molecule has 3 nitrogen and oxygen atoms in total. The van der Waals surface area contributed by atoms with Crippen LogP contribution in [0.3, 0.4) is 0 Å². The van der Waals surface area contributed by atoms with Crippen molar-refractivity contribution < 1.29 is 13.7 Å². The largest absolute Gasteiger partial charge is 0.355 e.